The summed E-state index contributed by atoms with van der Waals surface area (Å²) >= 11 is 3.62. The quantitative estimate of drug-likeness (QED) is 0.763. The van der Waals surface area contributed by atoms with E-state index in [0.29, 0.717) is 6.54 Å². The van der Waals surface area contributed by atoms with Crippen molar-refractivity contribution in [2.75, 3.05) is 19.3 Å². The molecule has 5 heteroatoms. The van der Waals surface area contributed by atoms with E-state index in [-0.39, 0.29) is 17.9 Å². The molecule has 0 spiro atoms. The Bertz CT molecular complexity index is 709. The summed E-state index contributed by atoms with van der Waals surface area (Å²) < 4.78 is 0. The van der Waals surface area contributed by atoms with Crippen LogP contribution in [0, 0.1) is 5.92 Å². The lowest BCUT2D eigenvalue weighted by Crippen LogP contribution is -2.41. The first-order valence-corrected chi connectivity index (χ1v) is 10.9. The number of thiophene rings is 1. The lowest BCUT2D eigenvalue weighted by atomic mass is 10.0. The summed E-state index contributed by atoms with van der Waals surface area (Å²) in [7, 11) is 0. The third-order valence-electron chi connectivity index (χ3n) is 4.77. The zero-order chi connectivity index (χ0) is 17.8. The molecule has 134 valence electrons. The maximum Gasteiger partial charge on any atom is 0.222 e. The van der Waals surface area contributed by atoms with Gasteiger partial charge in [-0.2, -0.15) is 0 Å². The van der Waals surface area contributed by atoms with Gasteiger partial charge in [0, 0.05) is 35.3 Å². The Morgan fingerprint density at radius 1 is 1.28 bits per heavy atom. The normalized spacial score (nSPS) is 15.8. The van der Waals surface area contributed by atoms with Crippen molar-refractivity contribution in [3.63, 3.8) is 0 Å². The lowest BCUT2D eigenvalue weighted by Gasteiger charge is -2.35. The number of fused-ring (bicyclic) bond motifs is 1. The van der Waals surface area contributed by atoms with Crippen molar-refractivity contribution in [2.45, 2.75) is 37.8 Å². The van der Waals surface area contributed by atoms with Crippen LogP contribution in [0.25, 0.3) is 0 Å². The van der Waals surface area contributed by atoms with Gasteiger partial charge in [-0.3, -0.25) is 9.69 Å². The first-order chi connectivity index (χ1) is 12.1. The van der Waals surface area contributed by atoms with Crippen LogP contribution in [0.3, 0.4) is 0 Å². The molecular formula is C20H26N2OS2. The number of amides is 1. The molecule has 0 saturated carbocycles. The number of nitrogens with zero attached hydrogens (tertiary/aromatic N) is 1. The standard InChI is InChI=1S/C20H26N2OS2/c1-14(2)20(23)21-12-18(15-4-6-17(24-3)7-5-15)22-10-8-19-16(13-22)9-11-25-19/h4-7,9,11,14,18H,8,10,12-13H2,1-3H3,(H,21,23). The van der Waals surface area contributed by atoms with Gasteiger partial charge in [0.05, 0.1) is 6.04 Å². The number of rotatable bonds is 6. The van der Waals surface area contributed by atoms with E-state index in [1.54, 1.807) is 11.8 Å². The summed E-state index contributed by atoms with van der Waals surface area (Å²) in [4.78, 5) is 17.4. The van der Waals surface area contributed by atoms with Crippen molar-refractivity contribution in [1.82, 2.24) is 10.2 Å². The number of hydrogen-bond acceptors (Lipinski definition) is 4. The van der Waals surface area contributed by atoms with Crippen molar-refractivity contribution in [3.8, 4) is 0 Å². The molecule has 1 amide bonds. The predicted molar refractivity (Wildman–Crippen MR) is 107 cm³/mol. The summed E-state index contributed by atoms with van der Waals surface area (Å²) in [6, 6.07) is 11.2. The van der Waals surface area contributed by atoms with Crippen LogP contribution < -0.4 is 5.32 Å². The fourth-order valence-corrected chi connectivity index (χ4v) is 4.52. The molecule has 3 rings (SSSR count). The second kappa shape index (κ2) is 8.39. The predicted octanol–water partition coefficient (Wildman–Crippen LogP) is 4.34. The lowest BCUT2D eigenvalue weighted by molar-refractivity contribution is -0.124. The van der Waals surface area contributed by atoms with Gasteiger partial charge >= 0.3 is 0 Å². The molecule has 1 aromatic carbocycles. The van der Waals surface area contributed by atoms with Gasteiger partial charge in [0.1, 0.15) is 0 Å². The van der Waals surface area contributed by atoms with Crippen LogP contribution >= 0.6 is 23.1 Å². The van der Waals surface area contributed by atoms with Crippen LogP contribution in [-0.2, 0) is 17.8 Å². The van der Waals surface area contributed by atoms with E-state index in [1.165, 1.54) is 20.9 Å². The maximum atomic E-state index is 12.1. The topological polar surface area (TPSA) is 32.3 Å². The second-order valence-corrected chi connectivity index (χ2v) is 8.66. The average molecular weight is 375 g/mol. The Morgan fingerprint density at radius 3 is 2.72 bits per heavy atom. The molecule has 1 atom stereocenters. The molecule has 2 aromatic rings. The van der Waals surface area contributed by atoms with Gasteiger partial charge in [-0.1, -0.05) is 26.0 Å². The number of benzene rings is 1. The highest BCUT2D eigenvalue weighted by atomic mass is 32.2. The number of hydrogen-bond donors (Lipinski definition) is 1. The van der Waals surface area contributed by atoms with Crippen LogP contribution in [0.2, 0.25) is 0 Å². The molecule has 1 aliphatic heterocycles. The largest absolute Gasteiger partial charge is 0.354 e. The molecule has 0 saturated heterocycles. The fraction of sp³-hybridized carbons (Fsp3) is 0.450. The van der Waals surface area contributed by atoms with Crippen LogP contribution in [0.4, 0.5) is 0 Å². The Kier molecular flexibility index (Phi) is 6.20. The highest BCUT2D eigenvalue weighted by Crippen LogP contribution is 2.31. The van der Waals surface area contributed by atoms with Gasteiger partial charge in [0.15, 0.2) is 0 Å². The highest BCUT2D eigenvalue weighted by molar-refractivity contribution is 7.98. The van der Waals surface area contributed by atoms with Crippen LogP contribution in [0.1, 0.15) is 35.9 Å². The minimum absolute atomic E-state index is 0.0179. The van der Waals surface area contributed by atoms with Gasteiger partial charge in [-0.05, 0) is 47.4 Å². The van der Waals surface area contributed by atoms with Crippen molar-refractivity contribution < 1.29 is 4.79 Å². The Morgan fingerprint density at radius 2 is 2.04 bits per heavy atom. The van der Waals surface area contributed by atoms with Crippen LogP contribution in [-0.4, -0.2) is 30.2 Å². The van der Waals surface area contributed by atoms with E-state index in [2.05, 4.69) is 52.2 Å². The first-order valence-electron chi connectivity index (χ1n) is 8.79. The molecule has 0 aliphatic carbocycles. The fourth-order valence-electron chi connectivity index (χ4n) is 3.22. The smallest absolute Gasteiger partial charge is 0.222 e. The molecule has 1 aromatic heterocycles. The van der Waals surface area contributed by atoms with Gasteiger partial charge in [-0.25, -0.2) is 0 Å². The van der Waals surface area contributed by atoms with Crippen molar-refractivity contribution in [3.05, 3.63) is 51.7 Å². The van der Waals surface area contributed by atoms with E-state index in [9.17, 15) is 4.79 Å². The monoisotopic (exact) mass is 374 g/mol. The maximum absolute atomic E-state index is 12.1. The van der Waals surface area contributed by atoms with Gasteiger partial charge in [-0.15, -0.1) is 23.1 Å². The zero-order valence-electron chi connectivity index (χ0n) is 15.1. The van der Waals surface area contributed by atoms with Gasteiger partial charge < -0.3 is 5.32 Å². The molecule has 2 heterocycles. The third kappa shape index (κ3) is 4.46. The molecule has 1 aliphatic rings. The Labute approximate surface area is 158 Å². The highest BCUT2D eigenvalue weighted by Gasteiger charge is 2.26. The minimum atomic E-state index is 0.0179. The summed E-state index contributed by atoms with van der Waals surface area (Å²) in [5.41, 5.74) is 2.72. The molecule has 0 fully saturated rings. The van der Waals surface area contributed by atoms with Crippen molar-refractivity contribution in [2.24, 2.45) is 5.92 Å². The van der Waals surface area contributed by atoms with Crippen LogP contribution in [0.5, 0.6) is 0 Å². The Balaban J connectivity index is 1.79. The van der Waals surface area contributed by atoms with E-state index < -0.39 is 0 Å². The molecular weight excluding hydrogens is 348 g/mol. The van der Waals surface area contributed by atoms with Crippen LogP contribution in [0.15, 0.2) is 40.6 Å². The average Bonchev–Trinajstić information content (AvgIpc) is 3.10. The third-order valence-corrected chi connectivity index (χ3v) is 6.54. The minimum Gasteiger partial charge on any atom is -0.354 e. The van der Waals surface area contributed by atoms with E-state index in [4.69, 9.17) is 0 Å². The second-order valence-electron chi connectivity index (χ2n) is 6.78. The molecule has 0 bridgehead atoms. The summed E-state index contributed by atoms with van der Waals surface area (Å²) in [5.74, 6) is 0.142. The number of nitrogens with one attached hydrogen (secondary N) is 1. The van der Waals surface area contributed by atoms with E-state index in [1.807, 2.05) is 25.2 Å². The molecule has 25 heavy (non-hydrogen) atoms. The molecule has 1 N–H and O–H groups in total. The van der Waals surface area contributed by atoms with E-state index in [0.717, 1.165) is 19.5 Å². The molecule has 1 unspecified atom stereocenters. The van der Waals surface area contributed by atoms with Crippen molar-refractivity contribution in [1.29, 1.82) is 0 Å². The SMILES string of the molecule is CSc1ccc(C(CNC(=O)C(C)C)N2CCc3sccc3C2)cc1. The first kappa shape index (κ1) is 18.5. The molecule has 3 nitrogen and oxygen atoms in total. The number of carbonyl (C=O) groups is 1. The van der Waals surface area contributed by atoms with E-state index >= 15 is 0 Å². The zero-order valence-corrected chi connectivity index (χ0v) is 16.8. The van der Waals surface area contributed by atoms with Crippen molar-refractivity contribution >= 4 is 29.0 Å². The summed E-state index contributed by atoms with van der Waals surface area (Å²) in [6.07, 6.45) is 3.20. The molecule has 0 radical (unpaired) electrons. The number of thioether (sulfide) groups is 1. The summed E-state index contributed by atoms with van der Waals surface area (Å²) in [5, 5.41) is 5.33. The van der Waals surface area contributed by atoms with Gasteiger partial charge in [0.2, 0.25) is 5.91 Å². The summed E-state index contributed by atoms with van der Waals surface area (Å²) in [6.45, 7) is 6.55. The van der Waals surface area contributed by atoms with Gasteiger partial charge in [0.25, 0.3) is 0 Å². The Hall–Kier alpha value is -1.30. The number of carbonyl (C=O) groups excluding carboxylic acids is 1.